The summed E-state index contributed by atoms with van der Waals surface area (Å²) in [5, 5.41) is 4.20. The van der Waals surface area contributed by atoms with Crippen molar-refractivity contribution in [1.82, 2.24) is 5.32 Å². The van der Waals surface area contributed by atoms with Crippen LogP contribution in [0.4, 0.5) is 0 Å². The number of hydrogen-bond donors (Lipinski definition) is 1. The molecule has 1 saturated heterocycles. The molecule has 3 unspecified atom stereocenters. The van der Waals surface area contributed by atoms with Crippen molar-refractivity contribution in [3.05, 3.63) is 58.7 Å². The molecule has 22 heavy (non-hydrogen) atoms. The molecule has 1 aliphatic heterocycles. The molecular weight excluding hydrogens is 298 g/mol. The van der Waals surface area contributed by atoms with Gasteiger partial charge in [0.1, 0.15) is 6.04 Å². The topological polar surface area (TPSA) is 38.3 Å². The first kappa shape index (κ1) is 15.3. The van der Waals surface area contributed by atoms with Crippen LogP contribution in [0.5, 0.6) is 0 Å². The molecule has 1 aromatic carbocycles. The van der Waals surface area contributed by atoms with Crippen LogP contribution in [0.25, 0.3) is 0 Å². The van der Waals surface area contributed by atoms with Crippen molar-refractivity contribution in [3.8, 4) is 0 Å². The van der Waals surface area contributed by atoms with Crippen LogP contribution >= 0.6 is 11.6 Å². The zero-order chi connectivity index (χ0) is 15.9. The molecule has 0 amide bonds. The minimum Gasteiger partial charge on any atom is -0.468 e. The highest BCUT2D eigenvalue weighted by atomic mass is 35.5. The van der Waals surface area contributed by atoms with E-state index in [9.17, 15) is 4.79 Å². The largest absolute Gasteiger partial charge is 0.468 e. The van der Waals surface area contributed by atoms with E-state index < -0.39 is 0 Å². The second kappa shape index (κ2) is 5.56. The Morgan fingerprint density at radius 2 is 1.95 bits per heavy atom. The fourth-order valence-electron chi connectivity index (χ4n) is 3.54. The Balaban J connectivity index is 2.01. The van der Waals surface area contributed by atoms with Crippen molar-refractivity contribution in [2.24, 2.45) is 11.3 Å². The molecule has 2 aliphatic rings. The molecule has 1 heterocycles. The number of carbonyl (C=O) groups excluding carboxylic acids is 1. The molecule has 1 aromatic rings. The Hall–Kier alpha value is -1.58. The standard InChI is InChI=1S/C18H20ClNO2/c1-18(2)14-6-4-5-13(14)15(20-16(18)17(21)22-3)11-7-9-12(19)10-8-11/h4-10,13,15-16,20H,1-3H3. The van der Waals surface area contributed by atoms with Crippen LogP contribution in [-0.4, -0.2) is 19.1 Å². The van der Waals surface area contributed by atoms with Gasteiger partial charge in [-0.3, -0.25) is 10.1 Å². The van der Waals surface area contributed by atoms with E-state index in [0.717, 1.165) is 5.56 Å². The van der Waals surface area contributed by atoms with Gasteiger partial charge in [-0.2, -0.15) is 0 Å². The van der Waals surface area contributed by atoms with Gasteiger partial charge < -0.3 is 4.74 Å². The maximum Gasteiger partial charge on any atom is 0.323 e. The number of nitrogens with one attached hydrogen (secondary N) is 1. The third-order valence-corrected chi connectivity index (χ3v) is 5.04. The number of rotatable bonds is 2. The number of hydrogen-bond acceptors (Lipinski definition) is 3. The lowest BCUT2D eigenvalue weighted by molar-refractivity contribution is -0.147. The summed E-state index contributed by atoms with van der Waals surface area (Å²) in [7, 11) is 1.44. The molecule has 0 bridgehead atoms. The van der Waals surface area contributed by atoms with Crippen molar-refractivity contribution >= 4 is 17.6 Å². The summed E-state index contributed by atoms with van der Waals surface area (Å²) in [5.74, 6) is 0.0206. The maximum atomic E-state index is 12.2. The quantitative estimate of drug-likeness (QED) is 0.846. The van der Waals surface area contributed by atoms with Gasteiger partial charge in [0.15, 0.2) is 0 Å². The number of fused-ring (bicyclic) bond motifs is 1. The van der Waals surface area contributed by atoms with Crippen molar-refractivity contribution in [1.29, 1.82) is 0 Å². The van der Waals surface area contributed by atoms with Crippen molar-refractivity contribution in [2.75, 3.05) is 7.11 Å². The summed E-state index contributed by atoms with van der Waals surface area (Å²) in [4.78, 5) is 12.2. The molecule has 4 heteroatoms. The summed E-state index contributed by atoms with van der Waals surface area (Å²) in [6, 6.07) is 7.45. The van der Waals surface area contributed by atoms with Gasteiger partial charge in [-0.1, -0.05) is 61.4 Å². The van der Waals surface area contributed by atoms with Gasteiger partial charge in [-0.15, -0.1) is 0 Å². The van der Waals surface area contributed by atoms with Crippen molar-refractivity contribution < 1.29 is 9.53 Å². The average molecular weight is 318 g/mol. The molecule has 0 aromatic heterocycles. The van der Waals surface area contributed by atoms with Crippen molar-refractivity contribution in [2.45, 2.75) is 25.9 Å². The van der Waals surface area contributed by atoms with Gasteiger partial charge in [0.2, 0.25) is 0 Å². The highest BCUT2D eigenvalue weighted by molar-refractivity contribution is 6.30. The van der Waals surface area contributed by atoms with Crippen LogP contribution in [0.15, 0.2) is 48.1 Å². The Morgan fingerprint density at radius 3 is 2.59 bits per heavy atom. The van der Waals surface area contributed by atoms with Crippen molar-refractivity contribution in [3.63, 3.8) is 0 Å². The van der Waals surface area contributed by atoms with E-state index >= 15 is 0 Å². The smallest absolute Gasteiger partial charge is 0.323 e. The lowest BCUT2D eigenvalue weighted by atomic mass is 9.66. The monoisotopic (exact) mass is 317 g/mol. The van der Waals surface area contributed by atoms with E-state index in [-0.39, 0.29) is 29.4 Å². The van der Waals surface area contributed by atoms with Gasteiger partial charge in [0.25, 0.3) is 0 Å². The Bertz CT molecular complexity index is 646. The fourth-order valence-corrected chi connectivity index (χ4v) is 3.67. The molecule has 1 aliphatic carbocycles. The van der Waals surface area contributed by atoms with Crippen LogP contribution in [0.1, 0.15) is 25.5 Å². The number of halogens is 1. The van der Waals surface area contributed by atoms with Crippen LogP contribution in [-0.2, 0) is 9.53 Å². The molecule has 1 fully saturated rings. The fraction of sp³-hybridized carbons (Fsp3) is 0.389. The van der Waals surface area contributed by atoms with Gasteiger partial charge in [-0.05, 0) is 17.7 Å². The highest BCUT2D eigenvalue weighted by Crippen LogP contribution is 2.48. The SMILES string of the molecule is COC(=O)C1NC(c2ccc(Cl)cc2)C2C=CC=C2C1(C)C. The zero-order valence-electron chi connectivity index (χ0n) is 13.0. The average Bonchev–Trinajstić information content (AvgIpc) is 2.99. The summed E-state index contributed by atoms with van der Waals surface area (Å²) in [5.41, 5.74) is 2.10. The van der Waals surface area contributed by atoms with E-state index in [1.165, 1.54) is 12.7 Å². The first-order chi connectivity index (χ1) is 10.4. The Kier molecular flexibility index (Phi) is 3.87. The molecule has 3 rings (SSSR count). The number of allylic oxidation sites excluding steroid dienone is 2. The van der Waals surface area contributed by atoms with Crippen LogP contribution in [0.3, 0.4) is 0 Å². The van der Waals surface area contributed by atoms with E-state index in [4.69, 9.17) is 16.3 Å². The highest BCUT2D eigenvalue weighted by Gasteiger charge is 2.49. The molecular formula is C18H20ClNO2. The lowest BCUT2D eigenvalue weighted by Gasteiger charge is -2.46. The minimum absolute atomic E-state index is 0.0411. The predicted octanol–water partition coefficient (Wildman–Crippen LogP) is 3.66. The third-order valence-electron chi connectivity index (χ3n) is 4.79. The third kappa shape index (κ3) is 2.38. The molecule has 1 N–H and O–H groups in total. The van der Waals surface area contributed by atoms with Gasteiger partial charge >= 0.3 is 5.97 Å². The van der Waals surface area contributed by atoms with E-state index in [1.807, 2.05) is 24.3 Å². The summed E-state index contributed by atoms with van der Waals surface area (Å²) in [6.45, 7) is 4.18. The molecule has 0 saturated carbocycles. The Morgan fingerprint density at radius 1 is 1.27 bits per heavy atom. The molecule has 3 atom stereocenters. The first-order valence-electron chi connectivity index (χ1n) is 7.43. The van der Waals surface area contributed by atoms with Crippen LogP contribution in [0.2, 0.25) is 5.02 Å². The summed E-state index contributed by atoms with van der Waals surface area (Å²) in [6.07, 6.45) is 6.40. The molecule has 0 radical (unpaired) electrons. The summed E-state index contributed by atoms with van der Waals surface area (Å²) < 4.78 is 5.01. The maximum absolute atomic E-state index is 12.2. The van der Waals surface area contributed by atoms with Crippen LogP contribution < -0.4 is 5.32 Å². The molecule has 3 nitrogen and oxygen atoms in total. The Labute approximate surface area is 136 Å². The van der Waals surface area contributed by atoms with Gasteiger partial charge in [-0.25, -0.2) is 0 Å². The second-order valence-electron chi connectivity index (χ2n) is 6.41. The predicted molar refractivity (Wildman–Crippen MR) is 87.6 cm³/mol. The first-order valence-corrected chi connectivity index (χ1v) is 7.81. The molecule has 0 spiro atoms. The van der Waals surface area contributed by atoms with Gasteiger partial charge in [0, 0.05) is 22.4 Å². The number of benzene rings is 1. The number of methoxy groups -OCH3 is 1. The van der Waals surface area contributed by atoms with E-state index in [0.29, 0.717) is 5.02 Å². The number of carbonyl (C=O) groups is 1. The normalized spacial score (nSPS) is 28.9. The van der Waals surface area contributed by atoms with E-state index in [2.05, 4.69) is 37.4 Å². The number of piperidine rings is 1. The number of ether oxygens (including phenoxy) is 1. The van der Waals surface area contributed by atoms with Gasteiger partial charge in [0.05, 0.1) is 7.11 Å². The second-order valence-corrected chi connectivity index (χ2v) is 6.84. The summed E-state index contributed by atoms with van der Waals surface area (Å²) >= 11 is 5.99. The number of esters is 1. The minimum atomic E-state index is -0.374. The molecule has 116 valence electrons. The van der Waals surface area contributed by atoms with E-state index in [1.54, 1.807) is 0 Å². The zero-order valence-corrected chi connectivity index (χ0v) is 13.7. The lowest BCUT2D eigenvalue weighted by Crippen LogP contribution is -2.56. The van der Waals surface area contributed by atoms with Crippen LogP contribution in [0, 0.1) is 11.3 Å².